The van der Waals surface area contributed by atoms with Crippen LogP contribution in [0.3, 0.4) is 0 Å². The van der Waals surface area contributed by atoms with E-state index in [1.165, 1.54) is 13.8 Å². The molecule has 0 unspecified atom stereocenters. The number of hydrogen-bond acceptors (Lipinski definition) is 2. The van der Waals surface area contributed by atoms with Gasteiger partial charge in [-0.15, -0.1) is 0 Å². The fraction of sp³-hybridized carbons (Fsp3) is 0.333. The van der Waals surface area contributed by atoms with Gasteiger partial charge in [-0.05, 0) is 0 Å². The van der Waals surface area contributed by atoms with E-state index in [1.54, 1.807) is 7.05 Å². The smallest absolute Gasteiger partial charge is 0.245 e. The fourth-order valence-corrected chi connectivity index (χ4v) is 0.783. The minimum Gasteiger partial charge on any atom is -0.245 e. The molecule has 0 amide bonds. The summed E-state index contributed by atoms with van der Waals surface area (Å²) in [6.07, 6.45) is 1.46. The molecule has 8 heavy (non-hydrogen) atoms. The summed E-state index contributed by atoms with van der Waals surface area (Å²) in [6, 6.07) is 0. The van der Waals surface area contributed by atoms with Crippen LogP contribution in [-0.4, -0.2) is 12.6 Å². The maximum Gasteiger partial charge on any atom is 0.354 e. The Labute approximate surface area is 59.6 Å². The second kappa shape index (κ2) is 1.88. The van der Waals surface area contributed by atoms with Gasteiger partial charge < -0.3 is 0 Å². The summed E-state index contributed by atoms with van der Waals surface area (Å²) >= 11 is 1.87. The van der Waals surface area contributed by atoms with E-state index in [9.17, 15) is 4.79 Å². The first-order valence-corrected chi connectivity index (χ1v) is 2.95. The van der Waals surface area contributed by atoms with Gasteiger partial charge in [0.2, 0.25) is 0 Å². The Kier molecular flexibility index (Phi) is 1.37. The molecule has 44 valence electrons. The maximum atomic E-state index is 10.6. The lowest BCUT2D eigenvalue weighted by molar-refractivity contribution is 0.733. The fourth-order valence-electron chi connectivity index (χ4n) is 0.360. The van der Waals surface area contributed by atoms with Crippen molar-refractivity contribution in [1.82, 2.24) is 12.6 Å². The van der Waals surface area contributed by atoms with Crippen molar-refractivity contribution in [3.8, 4) is 0 Å². The van der Waals surface area contributed by atoms with Crippen molar-refractivity contribution in [2.45, 2.75) is 0 Å². The monoisotopic (exact) mass is 225 g/mol. The zero-order valence-electron chi connectivity index (χ0n) is 4.21. The average molecular weight is 225 g/mol. The standard InChI is InChI=1S/C3H4IN3O/c1-6-3(8)7(4)2-5-6/h2H,1H3. The average Bonchev–Trinajstić information content (AvgIpc) is 1.98. The largest absolute Gasteiger partial charge is 0.354 e. The summed E-state index contributed by atoms with van der Waals surface area (Å²) in [4.78, 5) is 10.6. The van der Waals surface area contributed by atoms with Crippen LogP contribution in [0.5, 0.6) is 0 Å². The van der Waals surface area contributed by atoms with Crippen LogP contribution >= 0.6 is 22.9 Å². The van der Waals surface area contributed by atoms with Gasteiger partial charge in [-0.2, -0.15) is 5.10 Å². The van der Waals surface area contributed by atoms with Gasteiger partial charge in [0.1, 0.15) is 6.33 Å². The Morgan fingerprint density at radius 1 is 1.88 bits per heavy atom. The summed E-state index contributed by atoms with van der Waals surface area (Å²) in [6.45, 7) is 0. The first-order valence-electron chi connectivity index (χ1n) is 1.98. The van der Waals surface area contributed by atoms with Gasteiger partial charge in [-0.25, -0.2) is 12.3 Å². The van der Waals surface area contributed by atoms with Gasteiger partial charge in [-0.3, -0.25) is 0 Å². The predicted molar refractivity (Wildman–Crippen MR) is 36.9 cm³/mol. The maximum absolute atomic E-state index is 10.6. The van der Waals surface area contributed by atoms with Crippen molar-refractivity contribution < 1.29 is 0 Å². The van der Waals surface area contributed by atoms with Crippen LogP contribution in [-0.2, 0) is 7.05 Å². The molecule has 1 heterocycles. The van der Waals surface area contributed by atoms with Gasteiger partial charge >= 0.3 is 5.69 Å². The van der Waals surface area contributed by atoms with Crippen LogP contribution < -0.4 is 5.69 Å². The van der Waals surface area contributed by atoms with E-state index >= 15 is 0 Å². The Balaban J connectivity index is 3.42. The molecule has 0 aromatic carbocycles. The summed E-state index contributed by atoms with van der Waals surface area (Å²) in [5.41, 5.74) is -0.106. The third kappa shape index (κ3) is 0.770. The van der Waals surface area contributed by atoms with Crippen molar-refractivity contribution in [3.63, 3.8) is 0 Å². The quantitative estimate of drug-likeness (QED) is 0.572. The van der Waals surface area contributed by atoms with E-state index in [0.717, 1.165) is 0 Å². The lowest BCUT2D eigenvalue weighted by Crippen LogP contribution is -2.16. The lowest BCUT2D eigenvalue weighted by Gasteiger charge is -1.77. The Bertz CT molecular complexity index is 214. The van der Waals surface area contributed by atoms with Crippen molar-refractivity contribution in [2.75, 3.05) is 0 Å². The topological polar surface area (TPSA) is 39.8 Å². The molecule has 0 spiro atoms. The Morgan fingerprint density at radius 2 is 2.50 bits per heavy atom. The predicted octanol–water partition coefficient (Wildman–Crippen LogP) is -0.220. The summed E-state index contributed by atoms with van der Waals surface area (Å²) in [7, 11) is 1.61. The van der Waals surface area contributed by atoms with Crippen LogP contribution in [0.15, 0.2) is 11.1 Å². The Hall–Kier alpha value is -0.330. The molecule has 0 atom stereocenters. The van der Waals surface area contributed by atoms with Crippen LogP contribution in [0.4, 0.5) is 0 Å². The molecular formula is C3H4IN3O. The number of aryl methyl sites for hydroxylation is 1. The molecule has 1 aromatic rings. The minimum absolute atomic E-state index is 0.106. The molecule has 0 N–H and O–H groups in total. The second-order valence-electron chi connectivity index (χ2n) is 1.35. The Morgan fingerprint density at radius 3 is 2.62 bits per heavy atom. The summed E-state index contributed by atoms with van der Waals surface area (Å²) < 4.78 is 2.66. The molecule has 5 heteroatoms. The molecule has 0 aliphatic rings. The summed E-state index contributed by atoms with van der Waals surface area (Å²) in [5.74, 6) is 0. The SMILES string of the molecule is Cn1ncn(I)c1=O. The van der Waals surface area contributed by atoms with Crippen molar-refractivity contribution >= 4 is 22.9 Å². The normalized spacial score (nSPS) is 9.75. The highest BCUT2D eigenvalue weighted by molar-refractivity contribution is 14.1. The zero-order valence-corrected chi connectivity index (χ0v) is 6.36. The number of halogens is 1. The molecule has 0 fully saturated rings. The van der Waals surface area contributed by atoms with Gasteiger partial charge in [0.05, 0.1) is 22.9 Å². The van der Waals surface area contributed by atoms with E-state index in [-0.39, 0.29) is 5.69 Å². The third-order valence-electron chi connectivity index (χ3n) is 0.786. The van der Waals surface area contributed by atoms with Crippen LogP contribution in [0.2, 0.25) is 0 Å². The highest BCUT2D eigenvalue weighted by Crippen LogP contribution is 1.81. The van der Waals surface area contributed by atoms with Crippen LogP contribution in [0.1, 0.15) is 0 Å². The highest BCUT2D eigenvalue weighted by atomic mass is 127. The third-order valence-corrected chi connectivity index (χ3v) is 1.45. The van der Waals surface area contributed by atoms with E-state index in [2.05, 4.69) is 5.10 Å². The zero-order chi connectivity index (χ0) is 6.15. The van der Waals surface area contributed by atoms with E-state index < -0.39 is 0 Å². The molecule has 1 rings (SSSR count). The van der Waals surface area contributed by atoms with Gasteiger partial charge in [-0.1, -0.05) is 0 Å². The van der Waals surface area contributed by atoms with E-state index in [0.29, 0.717) is 0 Å². The molecule has 0 radical (unpaired) electrons. The molecule has 1 aromatic heterocycles. The summed E-state index contributed by atoms with van der Waals surface area (Å²) in [5, 5.41) is 3.68. The molecule has 0 saturated carbocycles. The number of nitrogens with zero attached hydrogens (tertiary/aromatic N) is 3. The lowest BCUT2D eigenvalue weighted by atomic mass is 11.2. The van der Waals surface area contributed by atoms with E-state index in [4.69, 9.17) is 0 Å². The van der Waals surface area contributed by atoms with Crippen LogP contribution in [0, 0.1) is 0 Å². The van der Waals surface area contributed by atoms with Crippen molar-refractivity contribution in [2.24, 2.45) is 7.05 Å². The minimum atomic E-state index is -0.106. The van der Waals surface area contributed by atoms with Gasteiger partial charge in [0.25, 0.3) is 0 Å². The second-order valence-corrected chi connectivity index (χ2v) is 2.39. The molecular weight excluding hydrogens is 221 g/mol. The molecule has 0 saturated heterocycles. The van der Waals surface area contributed by atoms with Crippen molar-refractivity contribution in [1.29, 1.82) is 0 Å². The molecule has 0 aliphatic carbocycles. The van der Waals surface area contributed by atoms with Crippen molar-refractivity contribution in [3.05, 3.63) is 16.8 Å². The first-order chi connectivity index (χ1) is 3.72. The van der Waals surface area contributed by atoms with Gasteiger partial charge in [0, 0.05) is 7.05 Å². The van der Waals surface area contributed by atoms with E-state index in [1.807, 2.05) is 22.9 Å². The highest BCUT2D eigenvalue weighted by Gasteiger charge is 1.92. The number of aromatic nitrogens is 3. The van der Waals surface area contributed by atoms with Gasteiger partial charge in [0.15, 0.2) is 0 Å². The first kappa shape index (κ1) is 5.80. The molecule has 0 bridgehead atoms. The number of rotatable bonds is 0. The molecule has 4 nitrogen and oxygen atoms in total. The molecule has 0 aliphatic heterocycles. The van der Waals surface area contributed by atoms with Crippen LogP contribution in [0.25, 0.3) is 0 Å². The number of hydrogen-bond donors (Lipinski definition) is 0.